The van der Waals surface area contributed by atoms with Crippen LogP contribution in [0.2, 0.25) is 0 Å². The lowest BCUT2D eigenvalue weighted by Crippen LogP contribution is -2.29. The molecular weight excluding hydrogens is 332 g/mol. The molecule has 1 aromatic carbocycles. The van der Waals surface area contributed by atoms with E-state index in [2.05, 4.69) is 0 Å². The quantitative estimate of drug-likeness (QED) is 0.575. The van der Waals surface area contributed by atoms with Crippen molar-refractivity contribution in [3.63, 3.8) is 0 Å². The van der Waals surface area contributed by atoms with Gasteiger partial charge in [-0.25, -0.2) is 4.79 Å². The van der Waals surface area contributed by atoms with Gasteiger partial charge in [-0.15, -0.1) is 0 Å². The average Bonchev–Trinajstić information content (AvgIpc) is 2.95. The molecule has 134 valence electrons. The first kappa shape index (κ1) is 18.9. The van der Waals surface area contributed by atoms with Gasteiger partial charge in [-0.1, -0.05) is 17.7 Å². The van der Waals surface area contributed by atoms with E-state index in [1.54, 1.807) is 26.0 Å². The third-order valence-electron chi connectivity index (χ3n) is 3.89. The highest BCUT2D eigenvalue weighted by Gasteiger charge is 2.28. The highest BCUT2D eigenvalue weighted by Crippen LogP contribution is 2.24. The van der Waals surface area contributed by atoms with Gasteiger partial charge in [0.25, 0.3) is 10.1 Å². The molecule has 0 saturated carbocycles. The number of esters is 1. The molecule has 1 heterocycles. The SMILES string of the molecule is Cc1cc(C)c(S(=O)(=O)OC(C)C(=O)OC[C@@H]2CCCO2)c(C)c1. The van der Waals surface area contributed by atoms with Gasteiger partial charge in [-0.05, 0) is 51.7 Å². The van der Waals surface area contributed by atoms with Crippen molar-refractivity contribution in [2.45, 2.75) is 57.6 Å². The fraction of sp³-hybridized carbons (Fsp3) is 0.588. The summed E-state index contributed by atoms with van der Waals surface area (Å²) in [5.74, 6) is -0.712. The molecule has 24 heavy (non-hydrogen) atoms. The van der Waals surface area contributed by atoms with Gasteiger partial charge < -0.3 is 9.47 Å². The molecule has 0 N–H and O–H groups in total. The smallest absolute Gasteiger partial charge is 0.336 e. The number of hydrogen-bond donors (Lipinski definition) is 0. The van der Waals surface area contributed by atoms with Gasteiger partial charge in [0, 0.05) is 6.61 Å². The Labute approximate surface area is 143 Å². The Balaban J connectivity index is 2.04. The van der Waals surface area contributed by atoms with Crippen LogP contribution in [0.15, 0.2) is 17.0 Å². The topological polar surface area (TPSA) is 78.9 Å². The van der Waals surface area contributed by atoms with Crippen molar-refractivity contribution in [3.8, 4) is 0 Å². The molecule has 0 aromatic heterocycles. The highest BCUT2D eigenvalue weighted by molar-refractivity contribution is 7.87. The molecule has 0 radical (unpaired) electrons. The molecule has 2 atom stereocenters. The summed E-state index contributed by atoms with van der Waals surface area (Å²) in [6, 6.07) is 3.54. The van der Waals surface area contributed by atoms with Crippen LogP contribution < -0.4 is 0 Å². The van der Waals surface area contributed by atoms with E-state index in [4.69, 9.17) is 13.7 Å². The summed E-state index contributed by atoms with van der Waals surface area (Å²) in [7, 11) is -4.05. The van der Waals surface area contributed by atoms with Gasteiger partial charge >= 0.3 is 5.97 Å². The first-order valence-electron chi connectivity index (χ1n) is 8.00. The summed E-state index contributed by atoms with van der Waals surface area (Å²) < 4.78 is 40.5. The second kappa shape index (κ2) is 7.63. The Morgan fingerprint density at radius 1 is 1.29 bits per heavy atom. The fourth-order valence-corrected chi connectivity index (χ4v) is 4.37. The highest BCUT2D eigenvalue weighted by atomic mass is 32.2. The summed E-state index contributed by atoms with van der Waals surface area (Å²) in [6.45, 7) is 7.45. The third kappa shape index (κ3) is 4.55. The number of ether oxygens (including phenoxy) is 2. The molecule has 1 aliphatic rings. The molecule has 1 saturated heterocycles. The van der Waals surface area contributed by atoms with Crippen LogP contribution in [0.25, 0.3) is 0 Å². The number of rotatable bonds is 6. The largest absolute Gasteiger partial charge is 0.461 e. The van der Waals surface area contributed by atoms with Gasteiger partial charge in [0.1, 0.15) is 6.61 Å². The van der Waals surface area contributed by atoms with Crippen LogP contribution in [-0.4, -0.2) is 39.8 Å². The van der Waals surface area contributed by atoms with Crippen LogP contribution in [0.5, 0.6) is 0 Å². The first-order valence-corrected chi connectivity index (χ1v) is 9.41. The van der Waals surface area contributed by atoms with Gasteiger partial charge in [0.05, 0.1) is 11.0 Å². The lowest BCUT2D eigenvalue weighted by Gasteiger charge is -2.17. The van der Waals surface area contributed by atoms with E-state index >= 15 is 0 Å². The summed E-state index contributed by atoms with van der Waals surface area (Å²) in [5.41, 5.74) is 2.15. The molecule has 0 aliphatic carbocycles. The van der Waals surface area contributed by atoms with Crippen molar-refractivity contribution >= 4 is 16.1 Å². The van der Waals surface area contributed by atoms with Gasteiger partial charge in [-0.2, -0.15) is 8.42 Å². The molecular formula is C17H24O6S. The van der Waals surface area contributed by atoms with Crippen molar-refractivity contribution in [2.75, 3.05) is 13.2 Å². The van der Waals surface area contributed by atoms with Crippen LogP contribution >= 0.6 is 0 Å². The van der Waals surface area contributed by atoms with E-state index in [1.807, 2.05) is 6.92 Å². The molecule has 1 unspecified atom stereocenters. The molecule has 1 fully saturated rings. The van der Waals surface area contributed by atoms with E-state index < -0.39 is 22.2 Å². The van der Waals surface area contributed by atoms with E-state index in [0.717, 1.165) is 18.4 Å². The maximum absolute atomic E-state index is 12.5. The van der Waals surface area contributed by atoms with E-state index in [0.29, 0.717) is 17.7 Å². The molecule has 1 aliphatic heterocycles. The van der Waals surface area contributed by atoms with Crippen molar-refractivity contribution in [1.82, 2.24) is 0 Å². The van der Waals surface area contributed by atoms with Crippen molar-refractivity contribution in [1.29, 1.82) is 0 Å². The second-order valence-electron chi connectivity index (χ2n) is 6.19. The van der Waals surface area contributed by atoms with Crippen LogP contribution in [0, 0.1) is 20.8 Å². The molecule has 7 heteroatoms. The second-order valence-corrected chi connectivity index (χ2v) is 7.69. The van der Waals surface area contributed by atoms with Crippen molar-refractivity contribution in [2.24, 2.45) is 0 Å². The minimum atomic E-state index is -4.05. The predicted octanol–water partition coefficient (Wildman–Crippen LogP) is 2.43. The van der Waals surface area contributed by atoms with Crippen LogP contribution in [0.4, 0.5) is 0 Å². The molecule has 6 nitrogen and oxygen atoms in total. The Kier molecular flexibility index (Phi) is 6.01. The predicted molar refractivity (Wildman–Crippen MR) is 88.3 cm³/mol. The van der Waals surface area contributed by atoms with E-state index in [9.17, 15) is 13.2 Å². The zero-order valence-corrected chi connectivity index (χ0v) is 15.3. The Morgan fingerprint density at radius 3 is 2.46 bits per heavy atom. The first-order chi connectivity index (χ1) is 11.2. The summed E-state index contributed by atoms with van der Waals surface area (Å²) in [6.07, 6.45) is 0.452. The maximum Gasteiger partial charge on any atom is 0.336 e. The minimum Gasteiger partial charge on any atom is -0.461 e. The number of carbonyl (C=O) groups is 1. The van der Waals surface area contributed by atoms with Gasteiger partial charge in [0.2, 0.25) is 0 Å². The average molecular weight is 356 g/mol. The normalized spacial score (nSPS) is 19.2. The maximum atomic E-state index is 12.5. The van der Waals surface area contributed by atoms with Gasteiger partial charge in [0.15, 0.2) is 6.10 Å². The third-order valence-corrected chi connectivity index (χ3v) is 5.58. The van der Waals surface area contributed by atoms with E-state index in [-0.39, 0.29) is 17.6 Å². The van der Waals surface area contributed by atoms with Crippen LogP contribution in [0.1, 0.15) is 36.5 Å². The zero-order chi connectivity index (χ0) is 17.9. The Morgan fingerprint density at radius 2 is 1.92 bits per heavy atom. The van der Waals surface area contributed by atoms with Crippen molar-refractivity contribution < 1.29 is 26.9 Å². The number of aryl methyl sites for hydroxylation is 3. The van der Waals surface area contributed by atoms with E-state index in [1.165, 1.54) is 6.92 Å². The van der Waals surface area contributed by atoms with Crippen molar-refractivity contribution in [3.05, 3.63) is 28.8 Å². The number of benzene rings is 1. The molecule has 2 rings (SSSR count). The monoisotopic (exact) mass is 356 g/mol. The fourth-order valence-electron chi connectivity index (χ4n) is 2.91. The molecule has 1 aromatic rings. The minimum absolute atomic E-state index is 0.104. The molecule has 0 spiro atoms. The Hall–Kier alpha value is -1.44. The number of hydrogen-bond acceptors (Lipinski definition) is 6. The standard InChI is InChI=1S/C17H24O6S/c1-11-8-12(2)16(13(3)9-11)24(19,20)23-14(4)17(18)22-10-15-6-5-7-21-15/h8-9,14-15H,5-7,10H2,1-4H3/t14?,15-/m0/s1. The summed E-state index contributed by atoms with van der Waals surface area (Å²) in [4.78, 5) is 12.1. The summed E-state index contributed by atoms with van der Waals surface area (Å²) >= 11 is 0. The molecule has 0 amide bonds. The van der Waals surface area contributed by atoms with Gasteiger partial charge in [-0.3, -0.25) is 4.18 Å². The lowest BCUT2D eigenvalue weighted by molar-refractivity contribution is -0.154. The zero-order valence-electron chi connectivity index (χ0n) is 14.5. The van der Waals surface area contributed by atoms with Crippen LogP contribution in [0.3, 0.4) is 0 Å². The number of carbonyl (C=O) groups excluding carboxylic acids is 1. The molecule has 0 bridgehead atoms. The lowest BCUT2D eigenvalue weighted by atomic mass is 10.1. The Bertz CT molecular complexity index is 681. The van der Waals surface area contributed by atoms with Crippen LogP contribution in [-0.2, 0) is 28.6 Å². The summed E-state index contributed by atoms with van der Waals surface area (Å²) in [5, 5.41) is 0.